The van der Waals surface area contributed by atoms with Gasteiger partial charge in [-0.1, -0.05) is 36.4 Å². The molecular weight excluding hydrogens is 392 g/mol. The normalized spacial score (nSPS) is 11.4. The van der Waals surface area contributed by atoms with Crippen LogP contribution in [0.4, 0.5) is 0 Å². The third-order valence-corrected chi connectivity index (χ3v) is 6.18. The molecule has 3 aromatic rings. The number of rotatable bonds is 8. The molecule has 0 unspecified atom stereocenters. The third-order valence-electron chi connectivity index (χ3n) is 4.26. The first-order valence-electron chi connectivity index (χ1n) is 8.92. The van der Waals surface area contributed by atoms with Crippen molar-refractivity contribution < 1.29 is 22.4 Å². The molecule has 0 spiro atoms. The number of hydrogen-bond acceptors (Lipinski definition) is 5. The van der Waals surface area contributed by atoms with E-state index in [2.05, 4.69) is 5.32 Å². The summed E-state index contributed by atoms with van der Waals surface area (Å²) in [5.41, 5.74) is 1.09. The summed E-state index contributed by atoms with van der Waals surface area (Å²) in [6.07, 6.45) is 1.42. The molecule has 1 heterocycles. The topological polar surface area (TPSA) is 88.9 Å². The van der Waals surface area contributed by atoms with Crippen LogP contribution >= 0.6 is 0 Å². The fourth-order valence-corrected chi connectivity index (χ4v) is 3.80. The highest BCUT2D eigenvalue weighted by Gasteiger charge is 2.22. The van der Waals surface area contributed by atoms with Crippen LogP contribution in [-0.4, -0.2) is 32.7 Å². The second kappa shape index (κ2) is 8.93. The van der Waals surface area contributed by atoms with Gasteiger partial charge in [0.1, 0.15) is 12.4 Å². The van der Waals surface area contributed by atoms with Gasteiger partial charge in [0.25, 0.3) is 5.91 Å². The molecular formula is C21H22N2O5S. The number of sulfonamides is 1. The third kappa shape index (κ3) is 4.85. The molecule has 1 aromatic heterocycles. The highest BCUT2D eigenvalue weighted by atomic mass is 32.2. The molecule has 1 N–H and O–H groups in total. The van der Waals surface area contributed by atoms with E-state index >= 15 is 0 Å². The van der Waals surface area contributed by atoms with E-state index < -0.39 is 15.9 Å². The molecule has 0 saturated heterocycles. The smallest absolute Gasteiger partial charge is 0.287 e. The molecule has 8 heteroatoms. The Balaban J connectivity index is 1.69. The minimum absolute atomic E-state index is 0.0434. The minimum atomic E-state index is -3.62. The fraction of sp³-hybridized carbons (Fsp3) is 0.190. The Bertz CT molecular complexity index is 1080. The van der Waals surface area contributed by atoms with E-state index in [0.29, 0.717) is 16.9 Å². The van der Waals surface area contributed by atoms with Crippen molar-refractivity contribution in [2.45, 2.75) is 18.0 Å². The van der Waals surface area contributed by atoms with Gasteiger partial charge in [0.05, 0.1) is 11.2 Å². The number of para-hydroxylation sites is 1. The summed E-state index contributed by atoms with van der Waals surface area (Å²) >= 11 is 0. The zero-order valence-electron chi connectivity index (χ0n) is 16.2. The molecule has 0 radical (unpaired) electrons. The van der Waals surface area contributed by atoms with Crippen molar-refractivity contribution in [2.75, 3.05) is 14.1 Å². The molecule has 0 aliphatic heterocycles. The lowest BCUT2D eigenvalue weighted by atomic mass is 10.2. The Kier molecular flexibility index (Phi) is 6.36. The molecule has 3 rings (SSSR count). The Morgan fingerprint density at radius 3 is 2.41 bits per heavy atom. The molecule has 0 aliphatic rings. The van der Waals surface area contributed by atoms with Gasteiger partial charge in [0, 0.05) is 26.2 Å². The molecule has 1 amide bonds. The standard InChI is InChI=1S/C21H22N2O5S/c1-23(2)29(25,26)19-11-7-6-8-16(19)14-22-21(24)20-17(12-13-27-20)15-28-18-9-4-3-5-10-18/h3-13H,14-15H2,1-2H3,(H,22,24). The number of carbonyl (C=O) groups excluding carboxylic acids is 1. The van der Waals surface area contributed by atoms with Crippen LogP contribution < -0.4 is 10.1 Å². The first kappa shape index (κ1) is 20.6. The van der Waals surface area contributed by atoms with Gasteiger partial charge in [-0.3, -0.25) is 4.79 Å². The van der Waals surface area contributed by atoms with Crippen molar-refractivity contribution in [3.8, 4) is 5.75 Å². The summed E-state index contributed by atoms with van der Waals surface area (Å²) in [6, 6.07) is 17.5. The molecule has 152 valence electrons. The van der Waals surface area contributed by atoms with Crippen molar-refractivity contribution in [2.24, 2.45) is 0 Å². The monoisotopic (exact) mass is 414 g/mol. The predicted octanol–water partition coefficient (Wildman–Crippen LogP) is 3.04. The van der Waals surface area contributed by atoms with Crippen molar-refractivity contribution >= 4 is 15.9 Å². The predicted molar refractivity (Wildman–Crippen MR) is 108 cm³/mol. The summed E-state index contributed by atoms with van der Waals surface area (Å²) in [5.74, 6) is 0.371. The lowest BCUT2D eigenvalue weighted by Gasteiger charge is -2.15. The van der Waals surface area contributed by atoms with Crippen LogP contribution in [0.1, 0.15) is 21.7 Å². The first-order chi connectivity index (χ1) is 13.9. The van der Waals surface area contributed by atoms with Crippen LogP contribution in [0.5, 0.6) is 5.75 Å². The fourth-order valence-electron chi connectivity index (χ4n) is 2.68. The van der Waals surface area contributed by atoms with E-state index in [1.807, 2.05) is 30.3 Å². The number of benzene rings is 2. The second-order valence-corrected chi connectivity index (χ2v) is 8.57. The molecule has 7 nitrogen and oxygen atoms in total. The highest BCUT2D eigenvalue weighted by Crippen LogP contribution is 2.19. The Morgan fingerprint density at radius 2 is 1.69 bits per heavy atom. The molecule has 0 saturated carbocycles. The molecule has 2 aromatic carbocycles. The number of hydrogen-bond donors (Lipinski definition) is 1. The number of carbonyl (C=O) groups is 1. The zero-order chi connectivity index (χ0) is 20.9. The molecule has 0 atom stereocenters. The maximum absolute atomic E-state index is 12.6. The van der Waals surface area contributed by atoms with Gasteiger partial charge >= 0.3 is 0 Å². The minimum Gasteiger partial charge on any atom is -0.489 e. The zero-order valence-corrected chi connectivity index (χ0v) is 17.0. The largest absolute Gasteiger partial charge is 0.489 e. The summed E-state index contributed by atoms with van der Waals surface area (Å²) in [5, 5.41) is 2.72. The van der Waals surface area contributed by atoms with E-state index in [-0.39, 0.29) is 23.8 Å². The first-order valence-corrected chi connectivity index (χ1v) is 10.4. The van der Waals surface area contributed by atoms with Gasteiger partial charge in [0.15, 0.2) is 5.76 Å². The number of nitrogens with zero attached hydrogens (tertiary/aromatic N) is 1. The number of amides is 1. The number of furan rings is 1. The Labute approximate surface area is 170 Å². The summed E-state index contributed by atoms with van der Waals surface area (Å²) in [7, 11) is -0.688. The average Bonchev–Trinajstić information content (AvgIpc) is 3.20. The van der Waals surface area contributed by atoms with Crippen LogP contribution in [-0.2, 0) is 23.2 Å². The molecule has 0 bridgehead atoms. The van der Waals surface area contributed by atoms with E-state index in [0.717, 1.165) is 4.31 Å². The quantitative estimate of drug-likeness (QED) is 0.612. The van der Waals surface area contributed by atoms with E-state index in [9.17, 15) is 13.2 Å². The lowest BCUT2D eigenvalue weighted by molar-refractivity contribution is 0.0919. The Hall–Kier alpha value is -3.10. The highest BCUT2D eigenvalue weighted by molar-refractivity contribution is 7.89. The van der Waals surface area contributed by atoms with Crippen LogP contribution in [0, 0.1) is 0 Å². The van der Waals surface area contributed by atoms with Gasteiger partial charge in [-0.25, -0.2) is 12.7 Å². The van der Waals surface area contributed by atoms with Gasteiger partial charge < -0.3 is 14.5 Å². The maximum Gasteiger partial charge on any atom is 0.287 e. The lowest BCUT2D eigenvalue weighted by Crippen LogP contribution is -2.27. The van der Waals surface area contributed by atoms with E-state index in [1.54, 1.807) is 24.3 Å². The summed E-state index contributed by atoms with van der Waals surface area (Å²) in [4.78, 5) is 12.7. The van der Waals surface area contributed by atoms with E-state index in [4.69, 9.17) is 9.15 Å². The molecule has 29 heavy (non-hydrogen) atoms. The average molecular weight is 414 g/mol. The summed E-state index contributed by atoms with van der Waals surface area (Å²) in [6.45, 7) is 0.219. The van der Waals surface area contributed by atoms with Crippen LogP contribution in [0.2, 0.25) is 0 Å². The molecule has 0 aliphatic carbocycles. The van der Waals surface area contributed by atoms with Crippen molar-refractivity contribution in [3.63, 3.8) is 0 Å². The Morgan fingerprint density at radius 1 is 1.00 bits per heavy atom. The van der Waals surface area contributed by atoms with Crippen molar-refractivity contribution in [3.05, 3.63) is 83.8 Å². The number of nitrogens with one attached hydrogen (secondary N) is 1. The van der Waals surface area contributed by atoms with Crippen LogP contribution in [0.25, 0.3) is 0 Å². The van der Waals surface area contributed by atoms with Crippen LogP contribution in [0.15, 0.2) is 76.2 Å². The van der Waals surface area contributed by atoms with Gasteiger partial charge in [-0.15, -0.1) is 0 Å². The molecule has 0 fully saturated rings. The van der Waals surface area contributed by atoms with Gasteiger partial charge in [0.2, 0.25) is 10.0 Å². The SMILES string of the molecule is CN(C)S(=O)(=O)c1ccccc1CNC(=O)c1occc1COc1ccccc1. The van der Waals surface area contributed by atoms with E-state index in [1.165, 1.54) is 26.4 Å². The van der Waals surface area contributed by atoms with Gasteiger partial charge in [-0.05, 0) is 29.8 Å². The van der Waals surface area contributed by atoms with Crippen molar-refractivity contribution in [1.82, 2.24) is 9.62 Å². The second-order valence-electron chi connectivity index (χ2n) is 6.45. The van der Waals surface area contributed by atoms with Crippen LogP contribution in [0.3, 0.4) is 0 Å². The van der Waals surface area contributed by atoms with Gasteiger partial charge in [-0.2, -0.15) is 0 Å². The summed E-state index contributed by atoms with van der Waals surface area (Å²) < 4.78 is 37.1. The van der Waals surface area contributed by atoms with Crippen molar-refractivity contribution in [1.29, 1.82) is 0 Å². The number of ether oxygens (including phenoxy) is 1. The maximum atomic E-state index is 12.6.